The third kappa shape index (κ3) is 3.94. The lowest BCUT2D eigenvalue weighted by molar-refractivity contribution is 0.0948. The van der Waals surface area contributed by atoms with Gasteiger partial charge in [0.2, 0.25) is 0 Å². The summed E-state index contributed by atoms with van der Waals surface area (Å²) in [5, 5.41) is 20.5. The van der Waals surface area contributed by atoms with E-state index in [2.05, 4.69) is 5.16 Å². The zero-order chi connectivity index (χ0) is 14.6. The van der Waals surface area contributed by atoms with Crippen LogP contribution in [0.2, 0.25) is 0 Å². The number of benzene rings is 1. The second-order valence-electron chi connectivity index (χ2n) is 5.13. The molecule has 0 aromatic heterocycles. The maximum Gasteiger partial charge on any atom is 0.408 e. The smallest absolute Gasteiger partial charge is 0.408 e. The Labute approximate surface area is 111 Å². The molecule has 1 rings (SSSR count). The number of rotatable bonds is 3. The first kappa shape index (κ1) is 14.9. The van der Waals surface area contributed by atoms with Gasteiger partial charge < -0.3 is 10.3 Å². The molecule has 1 amide bonds. The van der Waals surface area contributed by atoms with Crippen LogP contribution in [0.4, 0.5) is 9.18 Å². The summed E-state index contributed by atoms with van der Waals surface area (Å²) in [5.74, 6) is -0.495. The standard InChI is InChI=1S/C13H17FN2O3/c1-13(2,3)16(12(17)18)8-10-6-9(7-15-19)4-5-11(10)14/h4-7,19H,8H2,1-3H3,(H,17,18). The van der Waals surface area contributed by atoms with Crippen LogP contribution >= 0.6 is 0 Å². The summed E-state index contributed by atoms with van der Waals surface area (Å²) in [6.07, 6.45) is 0.0404. The molecule has 0 aliphatic heterocycles. The number of hydrogen-bond donors (Lipinski definition) is 2. The quantitative estimate of drug-likeness (QED) is 0.503. The zero-order valence-corrected chi connectivity index (χ0v) is 11.1. The molecule has 1 aromatic rings. The molecule has 2 N–H and O–H groups in total. The monoisotopic (exact) mass is 268 g/mol. The van der Waals surface area contributed by atoms with Crippen LogP contribution in [-0.4, -0.2) is 33.1 Å². The predicted molar refractivity (Wildman–Crippen MR) is 69.1 cm³/mol. The third-order valence-corrected chi connectivity index (χ3v) is 2.65. The van der Waals surface area contributed by atoms with Gasteiger partial charge in [-0.1, -0.05) is 11.2 Å². The summed E-state index contributed by atoms with van der Waals surface area (Å²) in [4.78, 5) is 12.4. The van der Waals surface area contributed by atoms with E-state index in [1.165, 1.54) is 18.2 Å². The Morgan fingerprint density at radius 3 is 2.58 bits per heavy atom. The highest BCUT2D eigenvalue weighted by atomic mass is 19.1. The summed E-state index contributed by atoms with van der Waals surface area (Å²) in [5.41, 5.74) is 0.0900. The van der Waals surface area contributed by atoms with Crippen LogP contribution in [-0.2, 0) is 6.54 Å². The van der Waals surface area contributed by atoms with Gasteiger partial charge in [-0.15, -0.1) is 0 Å². The van der Waals surface area contributed by atoms with Crippen molar-refractivity contribution in [3.8, 4) is 0 Å². The van der Waals surface area contributed by atoms with E-state index >= 15 is 0 Å². The van der Waals surface area contributed by atoms with E-state index in [0.717, 1.165) is 11.1 Å². The number of carbonyl (C=O) groups is 1. The minimum Gasteiger partial charge on any atom is -0.465 e. The first-order chi connectivity index (χ1) is 8.75. The highest BCUT2D eigenvalue weighted by molar-refractivity contribution is 5.79. The molecule has 104 valence electrons. The molecular weight excluding hydrogens is 251 g/mol. The molecule has 0 atom stereocenters. The molecule has 0 saturated heterocycles. The van der Waals surface area contributed by atoms with Crippen LogP contribution < -0.4 is 0 Å². The first-order valence-corrected chi connectivity index (χ1v) is 5.72. The molecule has 0 bridgehead atoms. The molecule has 19 heavy (non-hydrogen) atoms. The summed E-state index contributed by atoms with van der Waals surface area (Å²) in [6, 6.07) is 4.12. The molecule has 0 fully saturated rings. The first-order valence-electron chi connectivity index (χ1n) is 5.72. The number of oxime groups is 1. The third-order valence-electron chi connectivity index (χ3n) is 2.65. The van der Waals surface area contributed by atoms with Crippen molar-refractivity contribution in [1.29, 1.82) is 0 Å². The van der Waals surface area contributed by atoms with Crippen molar-refractivity contribution in [1.82, 2.24) is 4.90 Å². The summed E-state index contributed by atoms with van der Waals surface area (Å²) in [6.45, 7) is 5.13. The molecule has 0 unspecified atom stereocenters. The molecule has 0 spiro atoms. The van der Waals surface area contributed by atoms with Gasteiger partial charge in [0.1, 0.15) is 5.82 Å². The highest BCUT2D eigenvalue weighted by Crippen LogP contribution is 2.19. The van der Waals surface area contributed by atoms with Gasteiger partial charge in [0, 0.05) is 11.1 Å². The Kier molecular flexibility index (Phi) is 4.47. The van der Waals surface area contributed by atoms with E-state index in [1.807, 2.05) is 0 Å². The Morgan fingerprint density at radius 1 is 1.47 bits per heavy atom. The Bertz CT molecular complexity index is 495. The number of halogens is 1. The molecular formula is C13H17FN2O3. The van der Waals surface area contributed by atoms with Gasteiger partial charge in [-0.2, -0.15) is 0 Å². The fraction of sp³-hybridized carbons (Fsp3) is 0.385. The van der Waals surface area contributed by atoms with Crippen molar-refractivity contribution in [3.05, 3.63) is 35.1 Å². The van der Waals surface area contributed by atoms with Gasteiger partial charge in [-0.25, -0.2) is 9.18 Å². The van der Waals surface area contributed by atoms with E-state index in [-0.39, 0.29) is 12.1 Å². The molecule has 0 aliphatic carbocycles. The lowest BCUT2D eigenvalue weighted by Crippen LogP contribution is -2.44. The molecule has 0 aliphatic rings. The number of amides is 1. The second-order valence-corrected chi connectivity index (χ2v) is 5.13. The number of nitrogens with zero attached hydrogens (tertiary/aromatic N) is 2. The normalized spacial score (nSPS) is 11.8. The largest absolute Gasteiger partial charge is 0.465 e. The SMILES string of the molecule is CC(C)(C)N(Cc1cc(C=NO)ccc1F)C(=O)O. The van der Waals surface area contributed by atoms with Gasteiger partial charge in [0.05, 0.1) is 12.8 Å². The van der Waals surface area contributed by atoms with Crippen molar-refractivity contribution >= 4 is 12.3 Å². The van der Waals surface area contributed by atoms with Crippen molar-refractivity contribution < 1.29 is 19.5 Å². The van der Waals surface area contributed by atoms with Gasteiger partial charge in [0.15, 0.2) is 0 Å². The van der Waals surface area contributed by atoms with Gasteiger partial charge in [-0.3, -0.25) is 4.90 Å². The minimum atomic E-state index is -1.12. The fourth-order valence-corrected chi connectivity index (χ4v) is 1.62. The molecule has 0 saturated carbocycles. The topological polar surface area (TPSA) is 73.1 Å². The minimum absolute atomic E-state index is 0.0717. The van der Waals surface area contributed by atoms with Crippen molar-refractivity contribution in [2.45, 2.75) is 32.9 Å². The molecule has 0 radical (unpaired) electrons. The van der Waals surface area contributed by atoms with Crippen molar-refractivity contribution in [3.63, 3.8) is 0 Å². The van der Waals surface area contributed by atoms with Crippen molar-refractivity contribution in [2.75, 3.05) is 0 Å². The number of carboxylic acid groups (broad SMARTS) is 1. The van der Waals surface area contributed by atoms with Crippen LogP contribution in [0, 0.1) is 5.82 Å². The molecule has 1 aromatic carbocycles. The fourth-order valence-electron chi connectivity index (χ4n) is 1.62. The molecule has 0 heterocycles. The van der Waals surface area contributed by atoms with Crippen LogP contribution in [0.5, 0.6) is 0 Å². The lowest BCUT2D eigenvalue weighted by Gasteiger charge is -2.33. The Morgan fingerprint density at radius 2 is 2.11 bits per heavy atom. The van der Waals surface area contributed by atoms with Crippen LogP contribution in [0.3, 0.4) is 0 Å². The van der Waals surface area contributed by atoms with Gasteiger partial charge in [-0.05, 0) is 38.5 Å². The Hall–Kier alpha value is -2.11. The summed E-state index contributed by atoms with van der Waals surface area (Å²) in [7, 11) is 0. The average molecular weight is 268 g/mol. The molecule has 5 nitrogen and oxygen atoms in total. The number of hydrogen-bond acceptors (Lipinski definition) is 3. The van der Waals surface area contributed by atoms with Crippen LogP contribution in [0.25, 0.3) is 0 Å². The van der Waals surface area contributed by atoms with Crippen LogP contribution in [0.15, 0.2) is 23.4 Å². The van der Waals surface area contributed by atoms with Crippen molar-refractivity contribution in [2.24, 2.45) is 5.16 Å². The second kappa shape index (κ2) is 5.69. The predicted octanol–water partition coefficient (Wildman–Crippen LogP) is 2.91. The Balaban J connectivity index is 3.09. The van der Waals surface area contributed by atoms with E-state index in [4.69, 9.17) is 5.21 Å². The maximum atomic E-state index is 13.7. The summed E-state index contributed by atoms with van der Waals surface area (Å²) >= 11 is 0. The van der Waals surface area contributed by atoms with E-state index in [1.54, 1.807) is 20.8 Å². The van der Waals surface area contributed by atoms with E-state index < -0.39 is 17.4 Å². The van der Waals surface area contributed by atoms with E-state index in [9.17, 15) is 14.3 Å². The zero-order valence-electron chi connectivity index (χ0n) is 11.1. The highest BCUT2D eigenvalue weighted by Gasteiger charge is 2.26. The summed E-state index contributed by atoms with van der Waals surface area (Å²) < 4.78 is 13.7. The average Bonchev–Trinajstić information content (AvgIpc) is 2.28. The molecule has 6 heteroatoms. The van der Waals surface area contributed by atoms with E-state index in [0.29, 0.717) is 5.56 Å². The van der Waals surface area contributed by atoms with Gasteiger partial charge in [0.25, 0.3) is 0 Å². The maximum absolute atomic E-state index is 13.7. The van der Waals surface area contributed by atoms with Gasteiger partial charge >= 0.3 is 6.09 Å². The lowest BCUT2D eigenvalue weighted by atomic mass is 10.0. The van der Waals surface area contributed by atoms with Crippen LogP contribution in [0.1, 0.15) is 31.9 Å².